The first kappa shape index (κ1) is 22.5. The van der Waals surface area contributed by atoms with E-state index in [2.05, 4.69) is 14.9 Å². The van der Waals surface area contributed by atoms with Gasteiger partial charge in [-0.25, -0.2) is 8.78 Å². The number of aromatic nitrogens is 2. The molecule has 1 atom stereocenters. The molecule has 31 heavy (non-hydrogen) atoms. The highest BCUT2D eigenvalue weighted by molar-refractivity contribution is 7.03. The zero-order valence-electron chi connectivity index (χ0n) is 17.3. The maximum Gasteiger partial charge on any atom is 0.276 e. The van der Waals surface area contributed by atoms with Crippen molar-refractivity contribution >= 4 is 23.3 Å². The van der Waals surface area contributed by atoms with Crippen LogP contribution in [-0.4, -0.2) is 31.8 Å². The Labute approximate surface area is 183 Å². The Morgan fingerprint density at radius 1 is 1.10 bits per heavy atom. The summed E-state index contributed by atoms with van der Waals surface area (Å²) in [6, 6.07) is 10.1. The molecule has 2 aromatic carbocycles. The van der Waals surface area contributed by atoms with Crippen molar-refractivity contribution in [1.29, 1.82) is 0 Å². The summed E-state index contributed by atoms with van der Waals surface area (Å²) in [7, 11) is 0. The van der Waals surface area contributed by atoms with Gasteiger partial charge in [-0.05, 0) is 56.1 Å². The predicted molar refractivity (Wildman–Crippen MR) is 113 cm³/mol. The van der Waals surface area contributed by atoms with E-state index >= 15 is 0 Å². The van der Waals surface area contributed by atoms with Crippen LogP contribution in [0.2, 0.25) is 0 Å². The van der Waals surface area contributed by atoms with Crippen molar-refractivity contribution < 1.29 is 18.4 Å². The largest absolute Gasteiger partial charge is 0.349 e. The van der Waals surface area contributed by atoms with Crippen LogP contribution in [0.1, 0.15) is 48.4 Å². The normalized spacial score (nSPS) is 12.3. The van der Waals surface area contributed by atoms with Gasteiger partial charge in [0.25, 0.3) is 5.91 Å². The highest BCUT2D eigenvalue weighted by atomic mass is 32.1. The molecule has 3 aromatic rings. The summed E-state index contributed by atoms with van der Waals surface area (Å²) in [5.74, 6) is -2.18. The van der Waals surface area contributed by atoms with Gasteiger partial charge < -0.3 is 10.2 Å². The molecule has 0 spiro atoms. The Morgan fingerprint density at radius 3 is 2.35 bits per heavy atom. The number of halogens is 2. The zero-order chi connectivity index (χ0) is 22.6. The van der Waals surface area contributed by atoms with Crippen LogP contribution < -0.4 is 5.32 Å². The topological polar surface area (TPSA) is 75.2 Å². The maximum absolute atomic E-state index is 14.8. The highest BCUT2D eigenvalue weighted by Gasteiger charge is 2.36. The van der Waals surface area contributed by atoms with Gasteiger partial charge in [-0.15, -0.1) is 5.10 Å². The molecule has 0 fully saturated rings. The summed E-state index contributed by atoms with van der Waals surface area (Å²) in [4.78, 5) is 27.9. The quantitative estimate of drug-likeness (QED) is 0.621. The number of carbonyl (C=O) groups excluding carboxylic acids is 2. The van der Waals surface area contributed by atoms with E-state index in [0.29, 0.717) is 5.56 Å². The number of benzene rings is 2. The van der Waals surface area contributed by atoms with E-state index in [9.17, 15) is 18.4 Å². The fourth-order valence-corrected chi connectivity index (χ4v) is 3.49. The van der Waals surface area contributed by atoms with Gasteiger partial charge in [0.05, 0.1) is 0 Å². The SMILES string of the molecule is CC(C)(C)NC(=O)C(c1ccccc1F)N(Cc1ccc(F)cc1)C(=O)c1csnn1. The van der Waals surface area contributed by atoms with E-state index in [1.165, 1.54) is 52.7 Å². The van der Waals surface area contributed by atoms with E-state index < -0.39 is 35.0 Å². The van der Waals surface area contributed by atoms with Crippen LogP contribution in [0.5, 0.6) is 0 Å². The minimum Gasteiger partial charge on any atom is -0.349 e. The first-order chi connectivity index (χ1) is 14.7. The summed E-state index contributed by atoms with van der Waals surface area (Å²) >= 11 is 0.990. The average molecular weight is 445 g/mol. The third-order valence-corrected chi connectivity index (χ3v) is 4.87. The second-order valence-corrected chi connectivity index (χ2v) is 8.62. The smallest absolute Gasteiger partial charge is 0.276 e. The number of hydrogen-bond acceptors (Lipinski definition) is 5. The van der Waals surface area contributed by atoms with Gasteiger partial charge >= 0.3 is 0 Å². The Balaban J connectivity index is 2.11. The predicted octanol–water partition coefficient (Wildman–Crippen LogP) is 4.11. The van der Waals surface area contributed by atoms with E-state index in [0.717, 1.165) is 11.5 Å². The molecule has 1 N–H and O–H groups in total. The van der Waals surface area contributed by atoms with Crippen molar-refractivity contribution in [3.8, 4) is 0 Å². The van der Waals surface area contributed by atoms with Gasteiger partial charge in [-0.1, -0.05) is 34.8 Å². The molecule has 1 unspecified atom stereocenters. The fourth-order valence-electron chi connectivity index (χ4n) is 3.06. The van der Waals surface area contributed by atoms with E-state index in [4.69, 9.17) is 0 Å². The molecule has 0 radical (unpaired) electrons. The average Bonchev–Trinajstić information content (AvgIpc) is 3.23. The number of carbonyl (C=O) groups is 2. The van der Waals surface area contributed by atoms with Crippen LogP contribution in [0.3, 0.4) is 0 Å². The summed E-state index contributed by atoms with van der Waals surface area (Å²) in [5, 5.41) is 8.10. The van der Waals surface area contributed by atoms with Gasteiger partial charge in [0.1, 0.15) is 17.7 Å². The Hall–Kier alpha value is -3.20. The Morgan fingerprint density at radius 2 is 1.77 bits per heavy atom. The first-order valence-corrected chi connectivity index (χ1v) is 10.4. The van der Waals surface area contributed by atoms with Gasteiger partial charge in [0.15, 0.2) is 5.69 Å². The van der Waals surface area contributed by atoms with E-state index in [1.807, 2.05) is 0 Å². The molecular formula is C22H22F2N4O2S. The second kappa shape index (κ2) is 9.30. The molecule has 0 aliphatic carbocycles. The number of hydrogen-bond donors (Lipinski definition) is 1. The molecule has 1 aromatic heterocycles. The zero-order valence-corrected chi connectivity index (χ0v) is 18.1. The summed E-state index contributed by atoms with van der Waals surface area (Å²) in [6.45, 7) is 5.31. The second-order valence-electron chi connectivity index (χ2n) is 8.01. The molecule has 0 aliphatic rings. The third kappa shape index (κ3) is 5.69. The fraction of sp³-hybridized carbons (Fsp3) is 0.273. The lowest BCUT2D eigenvalue weighted by atomic mass is 10.00. The molecule has 0 saturated heterocycles. The van der Waals surface area contributed by atoms with Gasteiger partial charge in [0, 0.05) is 23.0 Å². The van der Waals surface area contributed by atoms with Crippen LogP contribution in [0.25, 0.3) is 0 Å². The summed E-state index contributed by atoms with van der Waals surface area (Å²) < 4.78 is 31.9. The highest BCUT2D eigenvalue weighted by Crippen LogP contribution is 2.28. The third-order valence-electron chi connectivity index (χ3n) is 4.36. The van der Waals surface area contributed by atoms with Crippen molar-refractivity contribution in [3.63, 3.8) is 0 Å². The molecular weight excluding hydrogens is 422 g/mol. The molecule has 162 valence electrons. The number of nitrogens with zero attached hydrogens (tertiary/aromatic N) is 3. The van der Waals surface area contributed by atoms with Crippen molar-refractivity contribution in [3.05, 3.63) is 82.4 Å². The maximum atomic E-state index is 14.8. The molecule has 9 heteroatoms. The lowest BCUT2D eigenvalue weighted by molar-refractivity contribution is -0.127. The van der Waals surface area contributed by atoms with Crippen LogP contribution in [-0.2, 0) is 11.3 Å². The molecule has 2 amide bonds. The first-order valence-electron chi connectivity index (χ1n) is 9.54. The summed E-state index contributed by atoms with van der Waals surface area (Å²) in [6.07, 6.45) is 0. The molecule has 1 heterocycles. The molecule has 0 aliphatic heterocycles. The van der Waals surface area contributed by atoms with Crippen molar-refractivity contribution in [2.24, 2.45) is 0 Å². The van der Waals surface area contributed by atoms with Crippen molar-refractivity contribution in [2.75, 3.05) is 0 Å². The number of amides is 2. The summed E-state index contributed by atoms with van der Waals surface area (Å²) in [5.41, 5.74) is 0.0376. The number of nitrogens with one attached hydrogen (secondary N) is 1. The molecule has 0 saturated carbocycles. The molecule has 0 bridgehead atoms. The van der Waals surface area contributed by atoms with Gasteiger partial charge in [-0.3, -0.25) is 9.59 Å². The van der Waals surface area contributed by atoms with Gasteiger partial charge in [-0.2, -0.15) is 0 Å². The lowest BCUT2D eigenvalue weighted by Gasteiger charge is -2.33. The van der Waals surface area contributed by atoms with Crippen LogP contribution in [0.4, 0.5) is 8.78 Å². The Bertz CT molecular complexity index is 1050. The van der Waals surface area contributed by atoms with Crippen molar-refractivity contribution in [2.45, 2.75) is 38.9 Å². The van der Waals surface area contributed by atoms with E-state index in [1.54, 1.807) is 26.8 Å². The lowest BCUT2D eigenvalue weighted by Crippen LogP contribution is -2.49. The minimum absolute atomic E-state index is 0.0389. The molecule has 3 rings (SSSR count). The van der Waals surface area contributed by atoms with Crippen LogP contribution in [0, 0.1) is 11.6 Å². The Kier molecular flexibility index (Phi) is 6.74. The van der Waals surface area contributed by atoms with E-state index in [-0.39, 0.29) is 17.8 Å². The van der Waals surface area contributed by atoms with Crippen molar-refractivity contribution in [1.82, 2.24) is 19.8 Å². The minimum atomic E-state index is -1.28. The monoisotopic (exact) mass is 444 g/mol. The number of rotatable bonds is 6. The standard InChI is InChI=1S/C22H22F2N4O2S/c1-22(2,3)25-20(29)19(16-6-4-5-7-17(16)24)28(21(30)18-13-31-27-26-18)12-14-8-10-15(23)11-9-14/h4-11,13,19H,12H2,1-3H3,(H,25,29). The van der Waals surface area contributed by atoms with Crippen LogP contribution >= 0.6 is 11.5 Å². The molecule has 6 nitrogen and oxygen atoms in total. The van der Waals surface area contributed by atoms with Crippen LogP contribution in [0.15, 0.2) is 53.9 Å². The van der Waals surface area contributed by atoms with Gasteiger partial charge in [0.2, 0.25) is 5.91 Å².